The number of carbonyl (C=O) groups is 1. The van der Waals surface area contributed by atoms with Gasteiger partial charge in [0.25, 0.3) is 6.08 Å². The lowest BCUT2D eigenvalue weighted by molar-refractivity contribution is -0.500. The van der Waals surface area contributed by atoms with Gasteiger partial charge >= 0.3 is 71.5 Å². The van der Waals surface area contributed by atoms with Crippen molar-refractivity contribution in [2.75, 3.05) is 0 Å². The van der Waals surface area contributed by atoms with Crippen molar-refractivity contribution in [3.05, 3.63) is 12.2 Å². The van der Waals surface area contributed by atoms with Gasteiger partial charge in [0.05, 0.1) is 6.08 Å². The molecule has 0 aromatic carbocycles. The highest BCUT2D eigenvalue weighted by Crippen LogP contribution is 2.66. The summed E-state index contributed by atoms with van der Waals surface area (Å²) in [6.45, 7) is 0. The molecule has 0 aromatic rings. The number of hydrogen-bond acceptors (Lipinski definition) is 3. The lowest BCUT2D eigenvalue weighted by atomic mass is 9.82. The minimum absolute atomic E-state index is 0.167. The predicted octanol–water partition coefficient (Wildman–Crippen LogP) is 6.73. The van der Waals surface area contributed by atoms with Crippen molar-refractivity contribution in [3.8, 4) is 0 Å². The van der Waals surface area contributed by atoms with Gasteiger partial charge < -0.3 is 15.3 Å². The summed E-state index contributed by atoms with van der Waals surface area (Å²) in [6, 6.07) is 0. The van der Waals surface area contributed by atoms with Crippen molar-refractivity contribution in [2.45, 2.75) is 65.5 Å². The summed E-state index contributed by atoms with van der Waals surface area (Å²) < 4.78 is 304. The first-order chi connectivity index (χ1) is 17.6. The van der Waals surface area contributed by atoms with E-state index < -0.39 is 77.6 Å². The second-order valence-corrected chi connectivity index (χ2v) is 7.04. The van der Waals surface area contributed by atoms with Crippen molar-refractivity contribution in [3.63, 3.8) is 0 Å². The van der Waals surface area contributed by atoms with E-state index in [0.717, 1.165) is 0 Å². The Morgan fingerprint density at radius 1 is 0.429 bits per heavy atom. The number of carboxylic acid groups (broad SMARTS) is 1. The van der Waals surface area contributed by atoms with Crippen LogP contribution in [0.3, 0.4) is 0 Å². The van der Waals surface area contributed by atoms with Crippen molar-refractivity contribution in [2.24, 2.45) is 0 Å². The van der Waals surface area contributed by atoms with Crippen LogP contribution in [-0.2, 0) is 4.79 Å². The first kappa shape index (κ1) is 41.6. The van der Waals surface area contributed by atoms with Crippen molar-refractivity contribution in [1.29, 1.82) is 0 Å². The summed E-state index contributed by atoms with van der Waals surface area (Å²) in [6.07, 6.45) is -26.5. The van der Waals surface area contributed by atoms with Crippen molar-refractivity contribution < 1.29 is 125 Å². The van der Waals surface area contributed by atoms with Crippen molar-refractivity contribution in [1.82, 2.24) is 0 Å². The van der Waals surface area contributed by atoms with Gasteiger partial charge in [-0.05, 0) is 0 Å². The Labute approximate surface area is 210 Å². The number of hydrogen-bond donors (Lipinski definition) is 3. The maximum atomic E-state index is 13.4. The largest absolute Gasteiger partial charge is 0.478 e. The third-order valence-electron chi connectivity index (χ3n) is 4.25. The molecule has 0 saturated carbocycles. The monoisotopic (exact) mass is 692 g/mol. The smallest absolute Gasteiger partial charge is 0.460 e. The molecular weight excluding hydrogens is 688 g/mol. The number of carboxylic acids is 1. The van der Waals surface area contributed by atoms with E-state index in [1.54, 1.807) is 0 Å². The van der Waals surface area contributed by atoms with Crippen LogP contribution in [0.2, 0.25) is 0 Å². The van der Waals surface area contributed by atoms with Crippen LogP contribution in [0.4, 0.5) is 105 Å². The maximum absolute atomic E-state index is 13.4. The molecule has 1 unspecified atom stereocenters. The summed E-state index contributed by atoms with van der Waals surface area (Å²) in [7, 11) is 0. The Bertz CT molecular complexity index is 980. The summed E-state index contributed by atoms with van der Waals surface area (Å²) in [5.41, 5.74) is -8.33. The summed E-state index contributed by atoms with van der Waals surface area (Å²) >= 11 is 0. The number of halogens is 24. The zero-order chi connectivity index (χ0) is 35.4. The lowest BCUT2D eigenvalue weighted by Gasteiger charge is -2.46. The molecule has 0 fully saturated rings. The molecule has 0 rings (SSSR count). The number of rotatable bonds is 9. The molecule has 28 heteroatoms. The molecule has 0 radical (unpaired) electrons. The van der Waals surface area contributed by atoms with Gasteiger partial charge in [-0.15, -0.1) is 0 Å². The average Bonchev–Trinajstić information content (AvgIpc) is 2.68. The van der Waals surface area contributed by atoms with Gasteiger partial charge in [0.2, 0.25) is 0 Å². The molecule has 0 spiro atoms. The third-order valence-corrected chi connectivity index (χ3v) is 4.25. The fraction of sp³-hybridized carbons (Fsp3) is 0.786. The fourth-order valence-corrected chi connectivity index (χ4v) is 2.02. The molecule has 0 heterocycles. The van der Waals surface area contributed by atoms with Gasteiger partial charge in [0, 0.05) is 0 Å². The fourth-order valence-electron chi connectivity index (χ4n) is 2.02. The predicted molar refractivity (Wildman–Crippen MR) is 76.8 cm³/mol. The molecule has 0 aliphatic heterocycles. The maximum Gasteiger partial charge on any atom is 0.460 e. The Morgan fingerprint density at radius 2 is 0.667 bits per heavy atom. The standard InChI is InChI=1S/C11H2F22O2.C3H2F2O2/c12-2(13,1(34,9(26,27)28)11(32,33)35)3(14,15)4(16,17)5(18,19)6(20,21)7(22,23)8(24,25)10(29,30)31;4-2(5)1-3(6)7/h34-35H;1H,(H,6,7). The molecule has 252 valence electrons. The van der Waals surface area contributed by atoms with E-state index in [1.807, 2.05) is 0 Å². The third kappa shape index (κ3) is 5.95. The molecule has 0 aliphatic rings. The quantitative estimate of drug-likeness (QED) is 0.185. The molecule has 3 N–H and O–H groups in total. The van der Waals surface area contributed by atoms with Crippen molar-refractivity contribution >= 4 is 5.97 Å². The lowest BCUT2D eigenvalue weighted by Crippen LogP contribution is -2.80. The normalized spacial score (nSPS) is 16.7. The molecule has 0 saturated heterocycles. The van der Waals surface area contributed by atoms with Crippen LogP contribution in [0.25, 0.3) is 0 Å². The van der Waals surface area contributed by atoms with E-state index in [9.17, 15) is 110 Å². The van der Waals surface area contributed by atoms with Crippen LogP contribution < -0.4 is 0 Å². The van der Waals surface area contributed by atoms with Crippen LogP contribution in [0, 0.1) is 0 Å². The van der Waals surface area contributed by atoms with Gasteiger partial charge in [-0.2, -0.15) is 105 Å². The van der Waals surface area contributed by atoms with E-state index in [-0.39, 0.29) is 6.08 Å². The highest BCUT2D eigenvalue weighted by molar-refractivity contribution is 5.79. The SMILES string of the molecule is O=C(O)C=C(F)F.OC(F)(F)C(O)(C(F)(F)F)C(F)(F)C(F)(F)C(F)(F)C(F)(F)C(F)(F)C(F)(F)C(F)(F)C(F)(F)F. The topological polar surface area (TPSA) is 77.8 Å². The molecule has 0 aliphatic carbocycles. The number of alkyl halides is 22. The molecule has 4 nitrogen and oxygen atoms in total. The summed E-state index contributed by atoms with van der Waals surface area (Å²) in [4.78, 5) is 9.25. The Kier molecular flexibility index (Phi) is 10.8. The first-order valence-electron chi connectivity index (χ1n) is 8.49. The molecule has 42 heavy (non-hydrogen) atoms. The van der Waals surface area contributed by atoms with Gasteiger partial charge in [-0.3, -0.25) is 0 Å². The second-order valence-electron chi connectivity index (χ2n) is 7.04. The second kappa shape index (κ2) is 10.9. The Balaban J connectivity index is 0. The Hall–Kier alpha value is -2.55. The zero-order valence-electron chi connectivity index (χ0n) is 17.9. The molecule has 0 bridgehead atoms. The minimum Gasteiger partial charge on any atom is -0.478 e. The molecular formula is C14H4F24O4. The Morgan fingerprint density at radius 3 is 0.810 bits per heavy atom. The van der Waals surface area contributed by atoms with Gasteiger partial charge in [-0.25, -0.2) is 4.79 Å². The van der Waals surface area contributed by atoms with Crippen LogP contribution in [0.5, 0.6) is 0 Å². The molecule has 1 atom stereocenters. The van der Waals surface area contributed by atoms with E-state index in [2.05, 4.69) is 0 Å². The highest BCUT2D eigenvalue weighted by atomic mass is 19.4. The van der Waals surface area contributed by atoms with Crippen LogP contribution >= 0.6 is 0 Å². The van der Waals surface area contributed by atoms with Crippen LogP contribution in [0.1, 0.15) is 0 Å². The molecule has 0 aromatic heterocycles. The van der Waals surface area contributed by atoms with E-state index in [1.165, 1.54) is 0 Å². The van der Waals surface area contributed by atoms with Crippen LogP contribution in [-0.4, -0.2) is 86.8 Å². The zero-order valence-corrected chi connectivity index (χ0v) is 17.9. The summed E-state index contributed by atoms with van der Waals surface area (Å²) in [5, 5.41) is 23.4. The minimum atomic E-state index is -9.40. The summed E-state index contributed by atoms with van der Waals surface area (Å²) in [5.74, 6) is -65.5. The van der Waals surface area contributed by atoms with Gasteiger partial charge in [0.15, 0.2) is 0 Å². The van der Waals surface area contributed by atoms with Gasteiger partial charge in [0.1, 0.15) is 0 Å². The van der Waals surface area contributed by atoms with E-state index in [4.69, 9.17) is 15.3 Å². The highest BCUT2D eigenvalue weighted by Gasteiger charge is 2.99. The number of aliphatic hydroxyl groups is 2. The average molecular weight is 692 g/mol. The van der Waals surface area contributed by atoms with Crippen LogP contribution in [0.15, 0.2) is 12.2 Å². The van der Waals surface area contributed by atoms with E-state index in [0.29, 0.717) is 0 Å². The first-order valence-corrected chi connectivity index (χ1v) is 8.49. The molecule has 0 amide bonds. The number of aliphatic carboxylic acids is 1. The van der Waals surface area contributed by atoms with E-state index >= 15 is 0 Å². The van der Waals surface area contributed by atoms with Gasteiger partial charge in [-0.1, -0.05) is 0 Å².